The molecule has 2 rings (SSSR count). The predicted octanol–water partition coefficient (Wildman–Crippen LogP) is 2.90. The van der Waals surface area contributed by atoms with Gasteiger partial charge in [0, 0.05) is 16.8 Å². The van der Waals surface area contributed by atoms with Crippen molar-refractivity contribution in [1.29, 1.82) is 0 Å². The highest BCUT2D eigenvalue weighted by Crippen LogP contribution is 2.16. The lowest BCUT2D eigenvalue weighted by atomic mass is 10.1. The van der Waals surface area contributed by atoms with Crippen molar-refractivity contribution in [2.24, 2.45) is 0 Å². The predicted molar refractivity (Wildman–Crippen MR) is 113 cm³/mol. The molecule has 3 N–H and O–H groups in total. The minimum Gasteiger partial charge on any atom is -0.497 e. The fourth-order valence-corrected chi connectivity index (χ4v) is 3.89. The number of anilines is 1. The SMILES string of the molecule is COc1ccc(C(=O)NC(=S)Nc2ccc(S(=O)(=O)NC(C)(C)C)cc2)cc1. The zero-order chi connectivity index (χ0) is 20.9. The molecular weight excluding hydrogens is 398 g/mol. The molecule has 0 spiro atoms. The lowest BCUT2D eigenvalue weighted by molar-refractivity contribution is 0.0977. The maximum absolute atomic E-state index is 12.3. The highest BCUT2D eigenvalue weighted by molar-refractivity contribution is 7.89. The average molecular weight is 422 g/mol. The van der Waals surface area contributed by atoms with E-state index in [1.165, 1.54) is 12.1 Å². The second kappa shape index (κ2) is 8.68. The summed E-state index contributed by atoms with van der Waals surface area (Å²) in [5.74, 6) is 0.280. The van der Waals surface area contributed by atoms with Gasteiger partial charge in [0.05, 0.1) is 12.0 Å². The normalized spacial score (nSPS) is 11.6. The molecule has 28 heavy (non-hydrogen) atoms. The summed E-state index contributed by atoms with van der Waals surface area (Å²) in [7, 11) is -2.07. The number of nitrogens with one attached hydrogen (secondary N) is 3. The van der Waals surface area contributed by atoms with E-state index in [1.807, 2.05) is 0 Å². The Labute approximate surface area is 170 Å². The topological polar surface area (TPSA) is 96.5 Å². The molecule has 0 aliphatic heterocycles. The molecule has 0 heterocycles. The number of carbonyl (C=O) groups is 1. The Bertz CT molecular complexity index is 948. The summed E-state index contributed by atoms with van der Waals surface area (Å²) in [4.78, 5) is 12.3. The summed E-state index contributed by atoms with van der Waals surface area (Å²) in [6, 6.07) is 12.7. The van der Waals surface area contributed by atoms with E-state index in [1.54, 1.807) is 64.3 Å². The minimum absolute atomic E-state index is 0.101. The quantitative estimate of drug-likeness (QED) is 0.643. The van der Waals surface area contributed by atoms with Gasteiger partial charge in [-0.1, -0.05) is 0 Å². The number of ether oxygens (including phenoxy) is 1. The molecule has 0 atom stereocenters. The third kappa shape index (κ3) is 6.29. The van der Waals surface area contributed by atoms with Crippen LogP contribution in [0.3, 0.4) is 0 Å². The molecule has 2 aromatic rings. The van der Waals surface area contributed by atoms with Crippen LogP contribution in [0.15, 0.2) is 53.4 Å². The van der Waals surface area contributed by atoms with Gasteiger partial charge in [-0.3, -0.25) is 10.1 Å². The largest absolute Gasteiger partial charge is 0.497 e. The molecule has 0 unspecified atom stereocenters. The van der Waals surface area contributed by atoms with E-state index in [2.05, 4.69) is 15.4 Å². The van der Waals surface area contributed by atoms with Gasteiger partial charge < -0.3 is 10.1 Å². The average Bonchev–Trinajstić information content (AvgIpc) is 2.60. The number of amides is 1. The van der Waals surface area contributed by atoms with E-state index in [9.17, 15) is 13.2 Å². The molecule has 0 aromatic heterocycles. The zero-order valence-electron chi connectivity index (χ0n) is 16.1. The molecule has 0 aliphatic carbocycles. The molecule has 1 amide bonds. The monoisotopic (exact) mass is 421 g/mol. The van der Waals surface area contributed by atoms with Crippen molar-refractivity contribution in [3.63, 3.8) is 0 Å². The second-order valence-electron chi connectivity index (χ2n) is 7.02. The summed E-state index contributed by atoms with van der Waals surface area (Å²) >= 11 is 5.14. The number of rotatable bonds is 5. The molecule has 0 fully saturated rings. The Morgan fingerprint density at radius 1 is 1.00 bits per heavy atom. The molecule has 150 valence electrons. The van der Waals surface area contributed by atoms with Crippen molar-refractivity contribution in [1.82, 2.24) is 10.0 Å². The molecule has 0 saturated carbocycles. The maximum Gasteiger partial charge on any atom is 0.257 e. The third-order valence-electron chi connectivity index (χ3n) is 3.44. The van der Waals surface area contributed by atoms with Gasteiger partial charge in [-0.15, -0.1) is 0 Å². The second-order valence-corrected chi connectivity index (χ2v) is 9.11. The van der Waals surface area contributed by atoms with Crippen LogP contribution in [0.4, 0.5) is 5.69 Å². The van der Waals surface area contributed by atoms with Crippen molar-refractivity contribution < 1.29 is 17.9 Å². The van der Waals surface area contributed by atoms with E-state index in [0.717, 1.165) is 0 Å². The van der Waals surface area contributed by atoms with E-state index in [0.29, 0.717) is 17.0 Å². The van der Waals surface area contributed by atoms with Gasteiger partial charge in [0.25, 0.3) is 5.91 Å². The van der Waals surface area contributed by atoms with Gasteiger partial charge in [-0.25, -0.2) is 13.1 Å². The number of methoxy groups -OCH3 is 1. The smallest absolute Gasteiger partial charge is 0.257 e. The van der Waals surface area contributed by atoms with Crippen molar-refractivity contribution in [2.75, 3.05) is 12.4 Å². The number of carbonyl (C=O) groups excluding carboxylic acids is 1. The van der Waals surface area contributed by atoms with Crippen LogP contribution >= 0.6 is 12.2 Å². The van der Waals surface area contributed by atoms with Gasteiger partial charge in [0.15, 0.2) is 5.11 Å². The van der Waals surface area contributed by atoms with Crippen molar-refractivity contribution in [3.8, 4) is 5.75 Å². The summed E-state index contributed by atoms with van der Waals surface area (Å²) < 4.78 is 32.2. The minimum atomic E-state index is -3.61. The molecule has 0 saturated heterocycles. The Morgan fingerprint density at radius 2 is 1.57 bits per heavy atom. The zero-order valence-corrected chi connectivity index (χ0v) is 17.7. The van der Waals surface area contributed by atoms with Crippen LogP contribution in [0.5, 0.6) is 5.75 Å². The van der Waals surface area contributed by atoms with Crippen molar-refractivity contribution in [3.05, 3.63) is 54.1 Å². The first-order valence-corrected chi connectivity index (χ1v) is 10.3. The standard InChI is InChI=1S/C19H23N3O4S2/c1-19(2,3)22-28(24,25)16-11-7-14(8-12-16)20-18(27)21-17(23)13-5-9-15(26-4)10-6-13/h5-12,22H,1-4H3,(H2,20,21,23,27). The van der Waals surface area contributed by atoms with E-state index < -0.39 is 15.6 Å². The van der Waals surface area contributed by atoms with Gasteiger partial charge in [-0.2, -0.15) is 0 Å². The summed E-state index contributed by atoms with van der Waals surface area (Å²) in [5, 5.41) is 5.52. The highest BCUT2D eigenvalue weighted by atomic mass is 32.2. The Kier molecular flexibility index (Phi) is 6.76. The van der Waals surface area contributed by atoms with Crippen LogP contribution in [-0.4, -0.2) is 32.1 Å². The number of hydrogen-bond donors (Lipinski definition) is 3. The molecule has 7 nitrogen and oxygen atoms in total. The summed E-state index contributed by atoms with van der Waals surface area (Å²) in [6.45, 7) is 5.30. The fraction of sp³-hybridized carbons (Fsp3) is 0.263. The number of thiocarbonyl (C=S) groups is 1. The van der Waals surface area contributed by atoms with Crippen molar-refractivity contribution >= 4 is 38.9 Å². The van der Waals surface area contributed by atoms with Crippen LogP contribution in [0.2, 0.25) is 0 Å². The number of sulfonamides is 1. The lowest BCUT2D eigenvalue weighted by Crippen LogP contribution is -2.40. The number of benzene rings is 2. The molecule has 2 aromatic carbocycles. The Balaban J connectivity index is 1.99. The van der Waals surface area contributed by atoms with E-state index >= 15 is 0 Å². The molecule has 0 radical (unpaired) electrons. The Morgan fingerprint density at radius 3 is 2.07 bits per heavy atom. The van der Waals surface area contributed by atoms with Gasteiger partial charge in [0.1, 0.15) is 5.75 Å². The van der Waals surface area contributed by atoms with Crippen LogP contribution in [0.25, 0.3) is 0 Å². The van der Waals surface area contributed by atoms with Gasteiger partial charge >= 0.3 is 0 Å². The lowest BCUT2D eigenvalue weighted by Gasteiger charge is -2.20. The third-order valence-corrected chi connectivity index (χ3v) is 5.42. The maximum atomic E-state index is 12.3. The van der Waals surface area contributed by atoms with E-state index in [4.69, 9.17) is 17.0 Å². The number of hydrogen-bond acceptors (Lipinski definition) is 5. The van der Waals surface area contributed by atoms with Gasteiger partial charge in [-0.05, 0) is 81.5 Å². The first kappa shape index (κ1) is 21.8. The summed E-state index contributed by atoms with van der Waals surface area (Å²) in [5.41, 5.74) is 0.401. The molecular formula is C19H23N3O4S2. The van der Waals surface area contributed by atoms with Gasteiger partial charge in [0.2, 0.25) is 10.0 Å². The molecule has 0 aliphatic rings. The van der Waals surface area contributed by atoms with Crippen LogP contribution in [0.1, 0.15) is 31.1 Å². The van der Waals surface area contributed by atoms with E-state index in [-0.39, 0.29) is 15.9 Å². The van der Waals surface area contributed by atoms with Crippen molar-refractivity contribution in [2.45, 2.75) is 31.2 Å². The van der Waals surface area contributed by atoms with Crippen LogP contribution < -0.4 is 20.1 Å². The highest BCUT2D eigenvalue weighted by Gasteiger charge is 2.21. The first-order chi connectivity index (χ1) is 13.0. The fourth-order valence-electron chi connectivity index (χ4n) is 2.26. The molecule has 9 heteroatoms. The summed E-state index contributed by atoms with van der Waals surface area (Å²) in [6.07, 6.45) is 0. The molecule has 0 bridgehead atoms. The van der Waals surface area contributed by atoms with Crippen LogP contribution in [0, 0.1) is 0 Å². The first-order valence-electron chi connectivity index (χ1n) is 8.40. The van der Waals surface area contributed by atoms with Crippen LogP contribution in [-0.2, 0) is 10.0 Å². The Hall–Kier alpha value is -2.49.